The first-order valence-electron chi connectivity index (χ1n) is 10.1. The summed E-state index contributed by atoms with van der Waals surface area (Å²) in [5, 5.41) is 2.53. The van der Waals surface area contributed by atoms with E-state index in [1.807, 2.05) is 60.7 Å². The third-order valence-corrected chi connectivity index (χ3v) is 5.01. The Balaban J connectivity index is 1.38. The van der Waals surface area contributed by atoms with Crippen LogP contribution in [0.1, 0.15) is 12.5 Å². The average molecular weight is 409 g/mol. The molecule has 0 unspecified atom stereocenters. The van der Waals surface area contributed by atoms with E-state index in [2.05, 4.69) is 10.2 Å². The molecule has 30 heavy (non-hydrogen) atoms. The molecule has 1 N–H and O–H groups in total. The number of benzene rings is 2. The molecule has 2 amide bonds. The number of hydrogen-bond donors (Lipinski definition) is 1. The molecule has 1 aliphatic rings. The Kier molecular flexibility index (Phi) is 7.43. The topological polar surface area (TPSA) is 78.9 Å². The van der Waals surface area contributed by atoms with Crippen LogP contribution < -0.4 is 10.2 Å². The van der Waals surface area contributed by atoms with Gasteiger partial charge in [0.15, 0.2) is 6.10 Å². The molecule has 2 aromatic carbocycles. The van der Waals surface area contributed by atoms with Crippen molar-refractivity contribution in [1.82, 2.24) is 10.2 Å². The van der Waals surface area contributed by atoms with E-state index in [-0.39, 0.29) is 24.8 Å². The standard InChI is InChI=1S/C23H27N3O4/c1-18(30-22(28)17-24-21(27)16-19-8-4-2-5-9-19)23(29)26-14-12-25(13-15-26)20-10-6-3-7-11-20/h2-11,18H,12-17H2,1H3,(H,24,27)/t18-/m1/s1. The van der Waals surface area contributed by atoms with Crippen LogP contribution in [0.2, 0.25) is 0 Å². The number of para-hydroxylation sites is 1. The minimum atomic E-state index is -0.883. The Hall–Kier alpha value is -3.35. The summed E-state index contributed by atoms with van der Waals surface area (Å²) < 4.78 is 5.22. The van der Waals surface area contributed by atoms with Gasteiger partial charge in [-0.1, -0.05) is 48.5 Å². The van der Waals surface area contributed by atoms with E-state index in [1.165, 1.54) is 0 Å². The fourth-order valence-electron chi connectivity index (χ4n) is 3.38. The lowest BCUT2D eigenvalue weighted by molar-refractivity contribution is -0.158. The number of carbonyl (C=O) groups excluding carboxylic acids is 3. The first-order chi connectivity index (χ1) is 14.5. The lowest BCUT2D eigenvalue weighted by Crippen LogP contribution is -2.52. The number of rotatable bonds is 7. The number of hydrogen-bond acceptors (Lipinski definition) is 5. The number of carbonyl (C=O) groups is 3. The molecule has 0 bridgehead atoms. The molecule has 1 fully saturated rings. The van der Waals surface area contributed by atoms with Crippen molar-refractivity contribution in [3.05, 3.63) is 66.2 Å². The van der Waals surface area contributed by atoms with Crippen LogP contribution >= 0.6 is 0 Å². The zero-order valence-electron chi connectivity index (χ0n) is 17.1. The van der Waals surface area contributed by atoms with Gasteiger partial charge in [0, 0.05) is 31.9 Å². The lowest BCUT2D eigenvalue weighted by atomic mass is 10.1. The van der Waals surface area contributed by atoms with Gasteiger partial charge in [0.1, 0.15) is 6.54 Å². The van der Waals surface area contributed by atoms with Gasteiger partial charge in [-0.05, 0) is 24.6 Å². The maximum absolute atomic E-state index is 12.6. The molecule has 0 spiro atoms. The highest BCUT2D eigenvalue weighted by Crippen LogP contribution is 2.16. The van der Waals surface area contributed by atoms with Gasteiger partial charge < -0.3 is 19.9 Å². The highest BCUT2D eigenvalue weighted by atomic mass is 16.5. The Labute approximate surface area is 176 Å². The van der Waals surface area contributed by atoms with Gasteiger partial charge in [-0.2, -0.15) is 0 Å². The number of nitrogens with zero attached hydrogens (tertiary/aromatic N) is 2. The van der Waals surface area contributed by atoms with E-state index >= 15 is 0 Å². The maximum atomic E-state index is 12.6. The second kappa shape index (κ2) is 10.4. The minimum absolute atomic E-state index is 0.189. The Morgan fingerprint density at radius 1 is 0.933 bits per heavy atom. The third kappa shape index (κ3) is 6.07. The lowest BCUT2D eigenvalue weighted by Gasteiger charge is -2.37. The van der Waals surface area contributed by atoms with Crippen molar-refractivity contribution in [3.8, 4) is 0 Å². The molecule has 0 radical (unpaired) electrons. The Morgan fingerprint density at radius 2 is 1.53 bits per heavy atom. The zero-order valence-corrected chi connectivity index (χ0v) is 17.1. The maximum Gasteiger partial charge on any atom is 0.326 e. The molecule has 1 atom stereocenters. The molecule has 7 nitrogen and oxygen atoms in total. The van der Waals surface area contributed by atoms with E-state index in [9.17, 15) is 14.4 Å². The predicted octanol–water partition coefficient (Wildman–Crippen LogP) is 1.63. The van der Waals surface area contributed by atoms with Crippen LogP contribution in [0, 0.1) is 0 Å². The van der Waals surface area contributed by atoms with E-state index in [0.717, 1.165) is 24.3 Å². The second-order valence-corrected chi connectivity index (χ2v) is 7.22. The number of ether oxygens (including phenoxy) is 1. The number of nitrogens with one attached hydrogen (secondary N) is 1. The molecule has 158 valence electrons. The molecular weight excluding hydrogens is 382 g/mol. The summed E-state index contributed by atoms with van der Waals surface area (Å²) in [6, 6.07) is 19.3. The van der Waals surface area contributed by atoms with Crippen molar-refractivity contribution >= 4 is 23.5 Å². The molecule has 7 heteroatoms. The largest absolute Gasteiger partial charge is 0.451 e. The van der Waals surface area contributed by atoms with Crippen LogP contribution in [-0.4, -0.2) is 61.5 Å². The SMILES string of the molecule is C[C@@H](OC(=O)CNC(=O)Cc1ccccc1)C(=O)N1CCN(c2ccccc2)CC1. The van der Waals surface area contributed by atoms with Gasteiger partial charge >= 0.3 is 5.97 Å². The summed E-state index contributed by atoms with van der Waals surface area (Å²) >= 11 is 0. The normalized spacial score (nSPS) is 14.7. The zero-order chi connectivity index (χ0) is 21.3. The number of amides is 2. The van der Waals surface area contributed by atoms with Crippen LogP contribution in [0.15, 0.2) is 60.7 Å². The number of anilines is 1. The summed E-state index contributed by atoms with van der Waals surface area (Å²) in [4.78, 5) is 40.5. The van der Waals surface area contributed by atoms with Crippen LogP contribution in [0.3, 0.4) is 0 Å². The van der Waals surface area contributed by atoms with Gasteiger partial charge in [-0.15, -0.1) is 0 Å². The molecule has 1 saturated heterocycles. The summed E-state index contributed by atoms with van der Waals surface area (Å²) in [5.74, 6) is -1.11. The van der Waals surface area contributed by atoms with Gasteiger partial charge in [0.2, 0.25) is 5.91 Å². The van der Waals surface area contributed by atoms with Crippen LogP contribution in [0.25, 0.3) is 0 Å². The monoisotopic (exact) mass is 409 g/mol. The molecule has 3 rings (SSSR count). The fraction of sp³-hybridized carbons (Fsp3) is 0.348. The molecule has 0 aromatic heterocycles. The van der Waals surface area contributed by atoms with Crippen molar-refractivity contribution in [2.24, 2.45) is 0 Å². The third-order valence-electron chi connectivity index (χ3n) is 5.01. The highest BCUT2D eigenvalue weighted by molar-refractivity contribution is 5.86. The fourth-order valence-corrected chi connectivity index (χ4v) is 3.38. The van der Waals surface area contributed by atoms with E-state index < -0.39 is 12.1 Å². The highest BCUT2D eigenvalue weighted by Gasteiger charge is 2.27. The quantitative estimate of drug-likeness (QED) is 0.703. The second-order valence-electron chi connectivity index (χ2n) is 7.22. The summed E-state index contributed by atoms with van der Waals surface area (Å²) in [6.07, 6.45) is -0.694. The molecule has 1 aliphatic heterocycles. The predicted molar refractivity (Wildman–Crippen MR) is 114 cm³/mol. The van der Waals surface area contributed by atoms with Crippen LogP contribution in [0.4, 0.5) is 5.69 Å². The van der Waals surface area contributed by atoms with Gasteiger partial charge in [-0.25, -0.2) is 0 Å². The van der Waals surface area contributed by atoms with Crippen molar-refractivity contribution in [2.75, 3.05) is 37.6 Å². The van der Waals surface area contributed by atoms with Gasteiger partial charge in [0.05, 0.1) is 6.42 Å². The number of esters is 1. The average Bonchev–Trinajstić information content (AvgIpc) is 2.78. The van der Waals surface area contributed by atoms with Crippen molar-refractivity contribution < 1.29 is 19.1 Å². The first-order valence-corrected chi connectivity index (χ1v) is 10.1. The Bertz CT molecular complexity index is 849. The van der Waals surface area contributed by atoms with Gasteiger partial charge in [-0.3, -0.25) is 14.4 Å². The van der Waals surface area contributed by atoms with E-state index in [4.69, 9.17) is 4.74 Å². The van der Waals surface area contributed by atoms with E-state index in [0.29, 0.717) is 13.1 Å². The minimum Gasteiger partial charge on any atom is -0.451 e. The summed E-state index contributed by atoms with van der Waals surface area (Å²) in [6.45, 7) is 3.91. The van der Waals surface area contributed by atoms with Crippen molar-refractivity contribution in [1.29, 1.82) is 0 Å². The van der Waals surface area contributed by atoms with Crippen LogP contribution in [-0.2, 0) is 25.5 Å². The first kappa shape index (κ1) is 21.4. The molecule has 1 heterocycles. The summed E-state index contributed by atoms with van der Waals surface area (Å²) in [5.41, 5.74) is 2.00. The smallest absolute Gasteiger partial charge is 0.326 e. The van der Waals surface area contributed by atoms with E-state index in [1.54, 1.807) is 11.8 Å². The molecule has 0 aliphatic carbocycles. The Morgan fingerprint density at radius 3 is 2.17 bits per heavy atom. The molecule has 2 aromatic rings. The van der Waals surface area contributed by atoms with Crippen molar-refractivity contribution in [2.45, 2.75) is 19.4 Å². The van der Waals surface area contributed by atoms with Gasteiger partial charge in [0.25, 0.3) is 5.91 Å². The summed E-state index contributed by atoms with van der Waals surface area (Å²) in [7, 11) is 0. The number of piperazine rings is 1. The van der Waals surface area contributed by atoms with Crippen LogP contribution in [0.5, 0.6) is 0 Å². The van der Waals surface area contributed by atoms with Crippen molar-refractivity contribution in [3.63, 3.8) is 0 Å². The molecule has 0 saturated carbocycles. The molecular formula is C23H27N3O4.